The van der Waals surface area contributed by atoms with Crippen LogP contribution in [-0.4, -0.2) is 28.9 Å². The first-order valence-electron chi connectivity index (χ1n) is 5.31. The van der Waals surface area contributed by atoms with Gasteiger partial charge in [0.2, 0.25) is 0 Å². The summed E-state index contributed by atoms with van der Waals surface area (Å²) in [6.07, 6.45) is 2.70. The molecule has 0 aromatic carbocycles. The van der Waals surface area contributed by atoms with Gasteiger partial charge >= 0.3 is 0 Å². The van der Waals surface area contributed by atoms with Crippen molar-refractivity contribution < 1.29 is 0 Å². The number of nitrogens with zero attached hydrogens (tertiary/aromatic N) is 3. The van der Waals surface area contributed by atoms with Crippen molar-refractivity contribution in [3.63, 3.8) is 0 Å². The first-order valence-corrected chi connectivity index (χ1v) is 5.31. The van der Waals surface area contributed by atoms with E-state index in [9.17, 15) is 0 Å². The molecule has 1 saturated carbocycles. The lowest BCUT2D eigenvalue weighted by molar-refractivity contribution is 0.690. The van der Waals surface area contributed by atoms with E-state index in [4.69, 9.17) is 0 Å². The molecule has 4 nitrogen and oxygen atoms in total. The Bertz CT molecular complexity index is 364. The molecule has 0 unspecified atom stereocenters. The van der Waals surface area contributed by atoms with E-state index >= 15 is 0 Å². The molecule has 0 saturated heterocycles. The molecule has 0 spiro atoms. The van der Waals surface area contributed by atoms with Gasteiger partial charge in [0.15, 0.2) is 5.82 Å². The van der Waals surface area contributed by atoms with Gasteiger partial charge in [0.25, 0.3) is 0 Å². The van der Waals surface area contributed by atoms with Crippen LogP contribution >= 0.6 is 0 Å². The summed E-state index contributed by atoms with van der Waals surface area (Å²) in [4.78, 5) is 2.51. The SMILES string of the molecule is Cc1nn(C)c2c1NCCN2C1CC1. The molecular formula is C10H16N4. The van der Waals surface area contributed by atoms with Crippen molar-refractivity contribution >= 4 is 11.5 Å². The second-order valence-corrected chi connectivity index (χ2v) is 4.26. The van der Waals surface area contributed by atoms with Crippen molar-refractivity contribution in [2.45, 2.75) is 25.8 Å². The number of nitrogens with one attached hydrogen (secondary N) is 1. The average molecular weight is 192 g/mol. The molecule has 1 fully saturated rings. The summed E-state index contributed by atoms with van der Waals surface area (Å²) in [6.45, 7) is 4.24. The minimum atomic E-state index is 0.783. The van der Waals surface area contributed by atoms with E-state index in [0.717, 1.165) is 24.8 Å². The Morgan fingerprint density at radius 2 is 2.21 bits per heavy atom. The van der Waals surface area contributed by atoms with Crippen LogP contribution in [0.25, 0.3) is 0 Å². The maximum absolute atomic E-state index is 4.47. The fourth-order valence-electron chi connectivity index (χ4n) is 2.33. The molecule has 3 rings (SSSR count). The zero-order chi connectivity index (χ0) is 9.71. The van der Waals surface area contributed by atoms with Crippen molar-refractivity contribution in [3.05, 3.63) is 5.69 Å². The first-order chi connectivity index (χ1) is 6.77. The summed E-state index contributed by atoms with van der Waals surface area (Å²) >= 11 is 0. The Balaban J connectivity index is 2.07. The van der Waals surface area contributed by atoms with Crippen LogP contribution in [-0.2, 0) is 7.05 Å². The summed E-state index contributed by atoms with van der Waals surface area (Å²) in [6, 6.07) is 0.783. The Morgan fingerprint density at radius 3 is 2.93 bits per heavy atom. The van der Waals surface area contributed by atoms with Crippen LogP contribution in [0, 0.1) is 6.92 Å². The molecule has 0 amide bonds. The molecule has 0 bridgehead atoms. The highest BCUT2D eigenvalue weighted by atomic mass is 15.4. The summed E-state index contributed by atoms with van der Waals surface area (Å²) < 4.78 is 2.01. The topological polar surface area (TPSA) is 33.1 Å². The standard InChI is InChI=1S/C10H16N4/c1-7-9-10(13(2)12-7)14(6-5-11-9)8-3-4-8/h8,11H,3-6H2,1-2H3. The largest absolute Gasteiger partial charge is 0.379 e. The van der Waals surface area contributed by atoms with Gasteiger partial charge in [0.1, 0.15) is 5.69 Å². The molecule has 1 aliphatic heterocycles. The Morgan fingerprint density at radius 1 is 1.43 bits per heavy atom. The fourth-order valence-corrected chi connectivity index (χ4v) is 2.33. The highest BCUT2D eigenvalue weighted by Gasteiger charge is 2.34. The summed E-state index contributed by atoms with van der Waals surface area (Å²) in [5, 5.41) is 7.90. The van der Waals surface area contributed by atoms with Crippen molar-refractivity contribution in [3.8, 4) is 0 Å². The lowest BCUT2D eigenvalue weighted by Gasteiger charge is -2.30. The molecular weight excluding hydrogens is 176 g/mol. The van der Waals surface area contributed by atoms with Crippen molar-refractivity contribution in [2.24, 2.45) is 7.05 Å². The van der Waals surface area contributed by atoms with Gasteiger partial charge in [-0.15, -0.1) is 0 Å². The fraction of sp³-hybridized carbons (Fsp3) is 0.700. The molecule has 0 atom stereocenters. The number of anilines is 2. The van der Waals surface area contributed by atoms with Gasteiger partial charge in [-0.3, -0.25) is 4.68 Å². The van der Waals surface area contributed by atoms with Crippen molar-refractivity contribution in [1.29, 1.82) is 0 Å². The number of hydrogen-bond acceptors (Lipinski definition) is 3. The number of hydrogen-bond donors (Lipinski definition) is 1. The molecule has 1 N–H and O–H groups in total. The number of fused-ring (bicyclic) bond motifs is 1. The number of aryl methyl sites for hydroxylation is 2. The van der Waals surface area contributed by atoms with Crippen LogP contribution in [0.4, 0.5) is 11.5 Å². The van der Waals surface area contributed by atoms with Gasteiger partial charge in [-0.2, -0.15) is 5.10 Å². The number of aromatic nitrogens is 2. The maximum atomic E-state index is 4.47. The van der Waals surface area contributed by atoms with Gasteiger partial charge in [-0.05, 0) is 19.8 Å². The normalized spacial score (nSPS) is 20.6. The van der Waals surface area contributed by atoms with Crippen LogP contribution in [0.2, 0.25) is 0 Å². The summed E-state index contributed by atoms with van der Waals surface area (Å²) in [7, 11) is 2.04. The van der Waals surface area contributed by atoms with Crippen LogP contribution in [0.3, 0.4) is 0 Å². The molecule has 1 aromatic rings. The molecule has 76 valence electrons. The molecule has 1 aromatic heterocycles. The van der Waals surface area contributed by atoms with Crippen LogP contribution in [0.5, 0.6) is 0 Å². The van der Waals surface area contributed by atoms with E-state index in [2.05, 4.69) is 22.2 Å². The molecule has 2 heterocycles. The highest BCUT2D eigenvalue weighted by molar-refractivity contribution is 5.71. The molecule has 1 aliphatic carbocycles. The Labute approximate surface area is 83.9 Å². The predicted molar refractivity (Wildman–Crippen MR) is 56.8 cm³/mol. The summed E-state index contributed by atoms with van der Waals surface area (Å²) in [5.74, 6) is 1.29. The minimum Gasteiger partial charge on any atom is -0.379 e. The third kappa shape index (κ3) is 1.03. The van der Waals surface area contributed by atoms with Gasteiger partial charge < -0.3 is 10.2 Å². The van der Waals surface area contributed by atoms with E-state index < -0.39 is 0 Å². The van der Waals surface area contributed by atoms with E-state index in [1.165, 1.54) is 24.3 Å². The quantitative estimate of drug-likeness (QED) is 0.724. The van der Waals surface area contributed by atoms with E-state index in [1.54, 1.807) is 0 Å². The zero-order valence-corrected chi connectivity index (χ0v) is 8.75. The second kappa shape index (κ2) is 2.65. The monoisotopic (exact) mass is 192 g/mol. The summed E-state index contributed by atoms with van der Waals surface area (Å²) in [5.41, 5.74) is 2.36. The van der Waals surface area contributed by atoms with Crippen LogP contribution in [0.1, 0.15) is 18.5 Å². The van der Waals surface area contributed by atoms with Crippen LogP contribution < -0.4 is 10.2 Å². The van der Waals surface area contributed by atoms with Crippen molar-refractivity contribution in [2.75, 3.05) is 23.3 Å². The van der Waals surface area contributed by atoms with Gasteiger partial charge in [0, 0.05) is 26.2 Å². The average Bonchev–Trinajstić information content (AvgIpc) is 2.96. The second-order valence-electron chi connectivity index (χ2n) is 4.26. The maximum Gasteiger partial charge on any atom is 0.150 e. The van der Waals surface area contributed by atoms with Gasteiger partial charge in [-0.1, -0.05) is 0 Å². The third-order valence-electron chi connectivity index (χ3n) is 3.11. The molecule has 4 heteroatoms. The smallest absolute Gasteiger partial charge is 0.150 e. The number of rotatable bonds is 1. The molecule has 0 radical (unpaired) electrons. The van der Waals surface area contributed by atoms with Gasteiger partial charge in [0.05, 0.1) is 5.69 Å². The van der Waals surface area contributed by atoms with Crippen molar-refractivity contribution in [1.82, 2.24) is 9.78 Å². The zero-order valence-electron chi connectivity index (χ0n) is 8.75. The first kappa shape index (κ1) is 8.15. The lowest BCUT2D eigenvalue weighted by Crippen LogP contribution is -2.36. The van der Waals surface area contributed by atoms with Gasteiger partial charge in [-0.25, -0.2) is 0 Å². The van der Waals surface area contributed by atoms with E-state index in [0.29, 0.717) is 0 Å². The highest BCUT2D eigenvalue weighted by Crippen LogP contribution is 2.38. The van der Waals surface area contributed by atoms with E-state index in [-0.39, 0.29) is 0 Å². The Hall–Kier alpha value is -1.19. The Kier molecular flexibility index (Phi) is 1.54. The van der Waals surface area contributed by atoms with E-state index in [1.807, 2.05) is 11.7 Å². The molecule has 14 heavy (non-hydrogen) atoms. The predicted octanol–water partition coefficient (Wildman–Crippen LogP) is 1.12. The lowest BCUT2D eigenvalue weighted by atomic mass is 10.3. The van der Waals surface area contributed by atoms with Crippen LogP contribution in [0.15, 0.2) is 0 Å². The minimum absolute atomic E-state index is 0.783. The third-order valence-corrected chi connectivity index (χ3v) is 3.11. The molecule has 2 aliphatic rings.